The molecule has 0 saturated carbocycles. The Morgan fingerprint density at radius 3 is 2.56 bits per heavy atom. The zero-order valence-electron chi connectivity index (χ0n) is 10.7. The van der Waals surface area contributed by atoms with E-state index in [-0.39, 0.29) is 18.3 Å². The topological polar surface area (TPSA) is 27.7 Å². The molecule has 0 amide bonds. The molecule has 3 nitrogen and oxygen atoms in total. The molecule has 16 heavy (non-hydrogen) atoms. The van der Waals surface area contributed by atoms with Crippen LogP contribution in [0.15, 0.2) is 11.7 Å². The third kappa shape index (κ3) is 1.89. The number of hydrogen-bond donors (Lipinski definition) is 0. The lowest BCUT2D eigenvalue weighted by Crippen LogP contribution is -2.44. The molecular formula is C12H21BO3. The fourth-order valence-electron chi connectivity index (χ4n) is 2.21. The van der Waals surface area contributed by atoms with Gasteiger partial charge >= 0.3 is 7.12 Å². The molecule has 1 atom stereocenters. The second-order valence-corrected chi connectivity index (χ2v) is 5.33. The smallest absolute Gasteiger partial charge is 0.493 e. The normalized spacial score (nSPS) is 33.5. The summed E-state index contributed by atoms with van der Waals surface area (Å²) in [6, 6.07) is 0. The molecule has 1 saturated heterocycles. The SMILES string of the molecule is CCC1(C)OB(C2=COCCC2)OC1(C)C. The van der Waals surface area contributed by atoms with E-state index in [9.17, 15) is 0 Å². The van der Waals surface area contributed by atoms with Gasteiger partial charge in [0.05, 0.1) is 24.1 Å². The fourth-order valence-corrected chi connectivity index (χ4v) is 2.21. The van der Waals surface area contributed by atoms with Crippen LogP contribution in [0.4, 0.5) is 0 Å². The van der Waals surface area contributed by atoms with Gasteiger partial charge in [0.2, 0.25) is 0 Å². The van der Waals surface area contributed by atoms with Gasteiger partial charge in [-0.25, -0.2) is 0 Å². The molecule has 0 bridgehead atoms. The predicted octanol–water partition coefficient (Wildman–Crippen LogP) is 2.70. The minimum Gasteiger partial charge on any atom is -0.502 e. The van der Waals surface area contributed by atoms with Crippen molar-refractivity contribution in [2.75, 3.05) is 6.61 Å². The second-order valence-electron chi connectivity index (χ2n) is 5.33. The maximum absolute atomic E-state index is 6.08. The Labute approximate surface area is 98.3 Å². The molecule has 0 aliphatic carbocycles. The van der Waals surface area contributed by atoms with Crippen LogP contribution in [-0.4, -0.2) is 24.9 Å². The van der Waals surface area contributed by atoms with Gasteiger partial charge in [-0.3, -0.25) is 0 Å². The number of ether oxygens (including phenoxy) is 1. The summed E-state index contributed by atoms with van der Waals surface area (Å²) in [6.45, 7) is 9.27. The monoisotopic (exact) mass is 224 g/mol. The van der Waals surface area contributed by atoms with Gasteiger partial charge in [0.1, 0.15) is 0 Å². The van der Waals surface area contributed by atoms with Gasteiger partial charge in [0.15, 0.2) is 0 Å². The van der Waals surface area contributed by atoms with Crippen LogP contribution in [0.25, 0.3) is 0 Å². The van der Waals surface area contributed by atoms with E-state index in [2.05, 4.69) is 27.7 Å². The van der Waals surface area contributed by atoms with Crippen LogP contribution in [0.1, 0.15) is 47.0 Å². The second kappa shape index (κ2) is 4.08. The zero-order chi connectivity index (χ0) is 11.8. The van der Waals surface area contributed by atoms with Crippen LogP contribution in [0, 0.1) is 0 Å². The Hall–Kier alpha value is -0.475. The summed E-state index contributed by atoms with van der Waals surface area (Å²) in [5.74, 6) is 0. The van der Waals surface area contributed by atoms with Gasteiger partial charge in [0, 0.05) is 0 Å². The van der Waals surface area contributed by atoms with E-state index in [1.54, 1.807) is 0 Å². The molecule has 0 N–H and O–H groups in total. The van der Waals surface area contributed by atoms with E-state index in [1.807, 2.05) is 6.26 Å². The Bertz CT molecular complexity index is 301. The minimum atomic E-state index is -0.245. The van der Waals surface area contributed by atoms with Crippen molar-refractivity contribution < 1.29 is 14.0 Å². The molecule has 0 aromatic rings. The summed E-state index contributed by atoms with van der Waals surface area (Å²) in [6.07, 6.45) is 4.83. The zero-order valence-corrected chi connectivity index (χ0v) is 10.7. The Morgan fingerprint density at radius 2 is 2.06 bits per heavy atom. The number of hydrogen-bond acceptors (Lipinski definition) is 3. The average Bonchev–Trinajstić information content (AvgIpc) is 2.52. The molecule has 0 radical (unpaired) electrons. The summed E-state index contributed by atoms with van der Waals surface area (Å²) in [5, 5.41) is 0. The molecule has 1 fully saturated rings. The highest BCUT2D eigenvalue weighted by Gasteiger charge is 2.54. The maximum atomic E-state index is 6.08. The first-order chi connectivity index (χ1) is 7.48. The van der Waals surface area contributed by atoms with E-state index in [4.69, 9.17) is 14.0 Å². The Balaban J connectivity index is 2.14. The van der Waals surface area contributed by atoms with E-state index < -0.39 is 0 Å². The Kier molecular flexibility index (Phi) is 3.06. The largest absolute Gasteiger partial charge is 0.502 e. The lowest BCUT2D eigenvalue weighted by Gasteiger charge is -2.35. The minimum absolute atomic E-state index is 0.212. The molecule has 2 heterocycles. The van der Waals surface area contributed by atoms with Gasteiger partial charge in [-0.05, 0) is 45.5 Å². The van der Waals surface area contributed by atoms with Crippen LogP contribution in [0.3, 0.4) is 0 Å². The first kappa shape index (κ1) is 12.0. The number of allylic oxidation sites excluding steroid dienone is 1. The average molecular weight is 224 g/mol. The fraction of sp³-hybridized carbons (Fsp3) is 0.833. The van der Waals surface area contributed by atoms with E-state index in [0.717, 1.165) is 31.3 Å². The molecule has 4 heteroatoms. The van der Waals surface area contributed by atoms with Gasteiger partial charge in [0.25, 0.3) is 0 Å². The van der Waals surface area contributed by atoms with Crippen LogP contribution in [0.5, 0.6) is 0 Å². The lowest BCUT2D eigenvalue weighted by molar-refractivity contribution is -0.0118. The highest BCUT2D eigenvalue weighted by molar-refractivity contribution is 6.54. The van der Waals surface area contributed by atoms with Crippen LogP contribution < -0.4 is 0 Å². The van der Waals surface area contributed by atoms with Crippen molar-refractivity contribution in [3.63, 3.8) is 0 Å². The van der Waals surface area contributed by atoms with Crippen molar-refractivity contribution in [1.29, 1.82) is 0 Å². The molecular weight excluding hydrogens is 203 g/mol. The third-order valence-corrected chi connectivity index (χ3v) is 3.98. The van der Waals surface area contributed by atoms with Gasteiger partial charge in [-0.2, -0.15) is 0 Å². The van der Waals surface area contributed by atoms with Crippen molar-refractivity contribution in [2.45, 2.75) is 58.2 Å². The number of rotatable bonds is 2. The van der Waals surface area contributed by atoms with E-state index in [1.165, 1.54) is 0 Å². The summed E-state index contributed by atoms with van der Waals surface area (Å²) in [7, 11) is -0.222. The summed E-state index contributed by atoms with van der Waals surface area (Å²) in [4.78, 5) is 0. The third-order valence-electron chi connectivity index (χ3n) is 3.98. The van der Waals surface area contributed by atoms with Crippen molar-refractivity contribution in [3.8, 4) is 0 Å². The van der Waals surface area contributed by atoms with Crippen molar-refractivity contribution >= 4 is 7.12 Å². The van der Waals surface area contributed by atoms with Gasteiger partial charge in [-0.1, -0.05) is 6.92 Å². The van der Waals surface area contributed by atoms with Gasteiger partial charge < -0.3 is 14.0 Å². The van der Waals surface area contributed by atoms with Crippen molar-refractivity contribution in [2.24, 2.45) is 0 Å². The molecule has 90 valence electrons. The summed E-state index contributed by atoms with van der Waals surface area (Å²) < 4.78 is 17.4. The van der Waals surface area contributed by atoms with E-state index >= 15 is 0 Å². The molecule has 1 unspecified atom stereocenters. The molecule has 0 aromatic carbocycles. The van der Waals surface area contributed by atoms with Crippen LogP contribution in [-0.2, 0) is 14.0 Å². The quantitative estimate of drug-likeness (QED) is 0.675. The molecule has 0 aromatic heterocycles. The standard InChI is InChI=1S/C12H21BO3/c1-5-12(4)11(2,3)15-13(16-12)10-7-6-8-14-9-10/h9H,5-8H2,1-4H3. The molecule has 2 rings (SSSR count). The van der Waals surface area contributed by atoms with Gasteiger partial charge in [-0.15, -0.1) is 0 Å². The van der Waals surface area contributed by atoms with Crippen molar-refractivity contribution in [1.82, 2.24) is 0 Å². The van der Waals surface area contributed by atoms with Crippen LogP contribution >= 0.6 is 0 Å². The van der Waals surface area contributed by atoms with Crippen LogP contribution in [0.2, 0.25) is 0 Å². The van der Waals surface area contributed by atoms with Crippen molar-refractivity contribution in [3.05, 3.63) is 11.7 Å². The Morgan fingerprint density at radius 1 is 1.31 bits per heavy atom. The summed E-state index contributed by atoms with van der Waals surface area (Å²) >= 11 is 0. The highest BCUT2D eigenvalue weighted by Crippen LogP contribution is 2.41. The molecule has 2 aliphatic heterocycles. The predicted molar refractivity (Wildman–Crippen MR) is 64.0 cm³/mol. The highest BCUT2D eigenvalue weighted by atomic mass is 16.7. The summed E-state index contributed by atoms with van der Waals surface area (Å²) in [5.41, 5.74) is 0.678. The maximum Gasteiger partial charge on any atom is 0.493 e. The first-order valence-corrected chi connectivity index (χ1v) is 6.15. The molecule has 0 spiro atoms. The lowest BCUT2D eigenvalue weighted by atomic mass is 9.76. The first-order valence-electron chi connectivity index (χ1n) is 6.15. The molecule has 2 aliphatic rings. The van der Waals surface area contributed by atoms with E-state index in [0.29, 0.717) is 0 Å².